The zero-order valence-corrected chi connectivity index (χ0v) is 9.59. The summed E-state index contributed by atoms with van der Waals surface area (Å²) in [5.41, 5.74) is 4.85. The quantitative estimate of drug-likeness (QED) is 0.658. The van der Waals surface area contributed by atoms with Crippen LogP contribution in [0.3, 0.4) is 0 Å². The van der Waals surface area contributed by atoms with Gasteiger partial charge in [-0.3, -0.25) is 9.69 Å². The zero-order chi connectivity index (χ0) is 11.3. The third-order valence-electron chi connectivity index (χ3n) is 1.45. The van der Waals surface area contributed by atoms with Crippen molar-refractivity contribution in [3.63, 3.8) is 0 Å². The van der Waals surface area contributed by atoms with Gasteiger partial charge < -0.3 is 5.73 Å². The fourth-order valence-corrected chi connectivity index (χ4v) is 1.82. The van der Waals surface area contributed by atoms with Gasteiger partial charge in [-0.05, 0) is 6.92 Å². The van der Waals surface area contributed by atoms with E-state index in [1.807, 2.05) is 13.8 Å². The maximum Gasteiger partial charge on any atom is 0.340 e. The van der Waals surface area contributed by atoms with E-state index in [1.54, 1.807) is 14.0 Å². The Morgan fingerprint density at radius 1 is 1.57 bits per heavy atom. The summed E-state index contributed by atoms with van der Waals surface area (Å²) >= 11 is 1.24. The standard InChI is InChI=1S/C6H9N3O2S.C2H6/c1-3-4(10)9(2)6(12-3)8-5(7)11;1-2/h3H,1-2H3,(H2,7,11);1-2H3/b8-6-;. The lowest BCUT2D eigenvalue weighted by atomic mass is 10.4. The minimum Gasteiger partial charge on any atom is -0.350 e. The van der Waals surface area contributed by atoms with Gasteiger partial charge in [0.05, 0.1) is 5.25 Å². The zero-order valence-electron chi connectivity index (χ0n) is 8.77. The van der Waals surface area contributed by atoms with Crippen molar-refractivity contribution < 1.29 is 9.59 Å². The number of aliphatic imine (C=N–C) groups is 1. The number of urea groups is 1. The van der Waals surface area contributed by atoms with Gasteiger partial charge >= 0.3 is 6.03 Å². The van der Waals surface area contributed by atoms with Crippen LogP contribution in [0, 0.1) is 0 Å². The van der Waals surface area contributed by atoms with E-state index in [-0.39, 0.29) is 11.2 Å². The molecule has 5 nitrogen and oxygen atoms in total. The number of hydrogen-bond acceptors (Lipinski definition) is 3. The SMILES string of the molecule is CC.CC1S/C(=N\C(N)=O)N(C)C1=O. The molecule has 1 fully saturated rings. The average Bonchev–Trinajstić information content (AvgIpc) is 2.36. The summed E-state index contributed by atoms with van der Waals surface area (Å²) in [5.74, 6) is -0.0556. The molecule has 2 N–H and O–H groups in total. The van der Waals surface area contributed by atoms with Crippen molar-refractivity contribution in [3.8, 4) is 0 Å². The van der Waals surface area contributed by atoms with Gasteiger partial charge in [-0.2, -0.15) is 4.99 Å². The molecule has 0 aromatic heterocycles. The molecule has 0 radical (unpaired) electrons. The van der Waals surface area contributed by atoms with E-state index in [4.69, 9.17) is 5.73 Å². The number of nitrogens with two attached hydrogens (primary N) is 1. The van der Waals surface area contributed by atoms with Gasteiger partial charge in [0.15, 0.2) is 5.17 Å². The molecule has 1 atom stereocenters. The van der Waals surface area contributed by atoms with Crippen molar-refractivity contribution in [2.24, 2.45) is 10.7 Å². The van der Waals surface area contributed by atoms with Crippen LogP contribution in [0.5, 0.6) is 0 Å². The van der Waals surface area contributed by atoms with Gasteiger partial charge in [-0.1, -0.05) is 25.6 Å². The molecule has 0 bridgehead atoms. The molecule has 1 rings (SSSR count). The van der Waals surface area contributed by atoms with Gasteiger partial charge in [0.1, 0.15) is 0 Å². The summed E-state index contributed by atoms with van der Waals surface area (Å²) in [4.78, 5) is 26.4. The smallest absolute Gasteiger partial charge is 0.340 e. The molecule has 0 saturated carbocycles. The Hall–Kier alpha value is -1.04. The lowest BCUT2D eigenvalue weighted by molar-refractivity contribution is -0.124. The summed E-state index contributed by atoms with van der Waals surface area (Å²) in [6.45, 7) is 5.76. The Morgan fingerprint density at radius 3 is 2.36 bits per heavy atom. The topological polar surface area (TPSA) is 75.8 Å². The molecule has 1 aliphatic heterocycles. The Morgan fingerprint density at radius 2 is 2.07 bits per heavy atom. The van der Waals surface area contributed by atoms with Crippen LogP contribution in [-0.2, 0) is 4.79 Å². The summed E-state index contributed by atoms with van der Waals surface area (Å²) < 4.78 is 0. The van der Waals surface area contributed by atoms with E-state index in [1.165, 1.54) is 16.7 Å². The summed E-state index contributed by atoms with van der Waals surface area (Å²) in [7, 11) is 1.57. The fraction of sp³-hybridized carbons (Fsp3) is 0.625. The van der Waals surface area contributed by atoms with E-state index in [9.17, 15) is 9.59 Å². The van der Waals surface area contributed by atoms with Gasteiger partial charge in [-0.25, -0.2) is 4.79 Å². The molecule has 1 aliphatic rings. The number of thioether (sulfide) groups is 1. The minimum absolute atomic E-state index is 0.0556. The van der Waals surface area contributed by atoms with E-state index < -0.39 is 6.03 Å². The second-order valence-corrected chi connectivity index (χ2v) is 3.70. The molecule has 0 spiro atoms. The lowest BCUT2D eigenvalue weighted by Gasteiger charge is -2.06. The van der Waals surface area contributed by atoms with Crippen molar-refractivity contribution >= 4 is 28.9 Å². The highest BCUT2D eigenvalue weighted by Crippen LogP contribution is 2.24. The predicted octanol–water partition coefficient (Wildman–Crippen LogP) is 1.04. The number of hydrogen-bond donors (Lipinski definition) is 1. The second-order valence-electron chi connectivity index (χ2n) is 2.39. The van der Waals surface area contributed by atoms with Crippen LogP contribution in [0.25, 0.3) is 0 Å². The lowest BCUT2D eigenvalue weighted by Crippen LogP contribution is -2.27. The first kappa shape index (κ1) is 13.0. The number of primary amides is 1. The molecule has 6 heteroatoms. The average molecular weight is 217 g/mol. The fourth-order valence-electron chi connectivity index (χ4n) is 0.850. The summed E-state index contributed by atoms with van der Waals surface area (Å²) in [6.07, 6.45) is 0. The van der Waals surface area contributed by atoms with E-state index in [0.717, 1.165) is 0 Å². The van der Waals surface area contributed by atoms with Gasteiger partial charge in [-0.15, -0.1) is 0 Å². The summed E-state index contributed by atoms with van der Waals surface area (Å²) in [5, 5.41) is 0.202. The first-order chi connectivity index (χ1) is 6.52. The first-order valence-corrected chi connectivity index (χ1v) is 5.22. The van der Waals surface area contributed by atoms with E-state index >= 15 is 0 Å². The Labute approximate surface area is 87.7 Å². The molecule has 1 heterocycles. The maximum absolute atomic E-state index is 11.2. The third kappa shape index (κ3) is 3.02. The molecule has 1 unspecified atom stereocenters. The first-order valence-electron chi connectivity index (χ1n) is 4.34. The number of rotatable bonds is 0. The largest absolute Gasteiger partial charge is 0.350 e. The minimum atomic E-state index is -0.772. The van der Waals surface area contributed by atoms with Crippen LogP contribution in [0.2, 0.25) is 0 Å². The molecule has 0 aliphatic carbocycles. The molecule has 0 aromatic carbocycles. The number of amides is 3. The molecule has 3 amide bonds. The highest BCUT2D eigenvalue weighted by Gasteiger charge is 2.32. The van der Waals surface area contributed by atoms with Crippen molar-refractivity contribution in [1.82, 2.24) is 4.90 Å². The van der Waals surface area contributed by atoms with Crippen molar-refractivity contribution in [2.75, 3.05) is 7.05 Å². The van der Waals surface area contributed by atoms with E-state index in [0.29, 0.717) is 5.17 Å². The Kier molecular flexibility index (Phi) is 5.22. The number of carbonyl (C=O) groups is 2. The van der Waals surface area contributed by atoms with Crippen molar-refractivity contribution in [1.29, 1.82) is 0 Å². The van der Waals surface area contributed by atoms with Crippen LogP contribution >= 0.6 is 11.8 Å². The number of amidine groups is 1. The second kappa shape index (κ2) is 5.64. The molecular weight excluding hydrogens is 202 g/mol. The molecule has 1 saturated heterocycles. The van der Waals surface area contributed by atoms with Gasteiger partial charge in [0.25, 0.3) is 0 Å². The highest BCUT2D eigenvalue weighted by atomic mass is 32.2. The summed E-state index contributed by atoms with van der Waals surface area (Å²) in [6, 6.07) is -0.772. The van der Waals surface area contributed by atoms with Crippen molar-refractivity contribution in [2.45, 2.75) is 26.0 Å². The normalized spacial score (nSPS) is 23.4. The monoisotopic (exact) mass is 217 g/mol. The molecule has 14 heavy (non-hydrogen) atoms. The maximum atomic E-state index is 11.2. The van der Waals surface area contributed by atoms with Crippen LogP contribution < -0.4 is 5.73 Å². The van der Waals surface area contributed by atoms with Gasteiger partial charge in [0, 0.05) is 7.05 Å². The van der Waals surface area contributed by atoms with Crippen LogP contribution in [0.1, 0.15) is 20.8 Å². The van der Waals surface area contributed by atoms with E-state index in [2.05, 4.69) is 4.99 Å². The van der Waals surface area contributed by atoms with Crippen molar-refractivity contribution in [3.05, 3.63) is 0 Å². The molecule has 80 valence electrons. The number of nitrogens with zero attached hydrogens (tertiary/aromatic N) is 2. The molecular formula is C8H15N3O2S. The predicted molar refractivity (Wildman–Crippen MR) is 58.2 cm³/mol. The molecule has 0 aromatic rings. The Bertz CT molecular complexity index is 265. The van der Waals surface area contributed by atoms with Crippen LogP contribution in [0.4, 0.5) is 4.79 Å². The Balaban J connectivity index is 0.000000791. The number of carbonyl (C=O) groups excluding carboxylic acids is 2. The highest BCUT2D eigenvalue weighted by molar-refractivity contribution is 8.15. The van der Waals surface area contributed by atoms with Gasteiger partial charge in [0.2, 0.25) is 5.91 Å². The van der Waals surface area contributed by atoms with Crippen LogP contribution in [0.15, 0.2) is 4.99 Å². The third-order valence-corrected chi connectivity index (χ3v) is 2.58. The van der Waals surface area contributed by atoms with Crippen LogP contribution in [-0.4, -0.2) is 34.3 Å².